The zero-order chi connectivity index (χ0) is 19.3. The number of amides is 2. The van der Waals surface area contributed by atoms with Crippen LogP contribution in [-0.4, -0.2) is 40.1 Å². The second-order valence-corrected chi connectivity index (χ2v) is 7.72. The second kappa shape index (κ2) is 8.56. The zero-order valence-corrected chi connectivity index (χ0v) is 16.9. The number of carbonyl (C=O) groups excluding carboxylic acids is 1. The van der Waals surface area contributed by atoms with Crippen molar-refractivity contribution >= 4 is 32.7 Å². The first-order valence-corrected chi connectivity index (χ1v) is 10.1. The number of nitrogens with one attached hydrogen (secondary N) is 1. The molecule has 7 heteroatoms. The lowest BCUT2D eigenvalue weighted by Crippen LogP contribution is -2.48. The summed E-state index contributed by atoms with van der Waals surface area (Å²) in [5, 5.41) is 5.39. The van der Waals surface area contributed by atoms with Gasteiger partial charge in [0.25, 0.3) is 0 Å². The van der Waals surface area contributed by atoms with Gasteiger partial charge in [0.2, 0.25) is 0 Å². The maximum atomic E-state index is 12.7. The van der Waals surface area contributed by atoms with Crippen LogP contribution in [-0.2, 0) is 6.54 Å². The molecule has 2 heterocycles. The van der Waals surface area contributed by atoms with Gasteiger partial charge in [0.1, 0.15) is 6.10 Å². The predicted octanol–water partition coefficient (Wildman–Crippen LogP) is 4.15. The van der Waals surface area contributed by atoms with E-state index in [-0.39, 0.29) is 12.1 Å². The molecular formula is C21H21BrN4O2. The van der Waals surface area contributed by atoms with Crippen molar-refractivity contribution in [1.82, 2.24) is 20.2 Å². The molecule has 1 saturated heterocycles. The van der Waals surface area contributed by atoms with Crippen molar-refractivity contribution in [3.05, 3.63) is 64.9 Å². The van der Waals surface area contributed by atoms with Crippen LogP contribution < -0.4 is 10.1 Å². The van der Waals surface area contributed by atoms with E-state index in [9.17, 15) is 4.79 Å². The van der Waals surface area contributed by atoms with E-state index in [1.54, 1.807) is 17.3 Å². The first-order chi connectivity index (χ1) is 13.7. The Labute approximate surface area is 172 Å². The molecule has 1 N–H and O–H groups in total. The molecule has 0 spiro atoms. The van der Waals surface area contributed by atoms with Crippen LogP contribution in [0.1, 0.15) is 18.4 Å². The van der Waals surface area contributed by atoms with Crippen molar-refractivity contribution in [3.63, 3.8) is 0 Å². The molecule has 1 aliphatic rings. The molecule has 144 valence electrons. The number of carbonyl (C=O) groups is 1. The minimum atomic E-state index is -0.0989. The molecule has 28 heavy (non-hydrogen) atoms. The Morgan fingerprint density at radius 2 is 1.96 bits per heavy atom. The van der Waals surface area contributed by atoms with Crippen LogP contribution in [0.4, 0.5) is 4.79 Å². The lowest BCUT2D eigenvalue weighted by atomic mass is 10.0. The van der Waals surface area contributed by atoms with E-state index < -0.39 is 0 Å². The molecule has 1 unspecified atom stereocenters. The molecular weight excluding hydrogens is 420 g/mol. The molecule has 2 amide bonds. The van der Waals surface area contributed by atoms with Crippen molar-refractivity contribution in [3.8, 4) is 6.01 Å². The SMILES string of the molecule is O=C(NCc1cccc2ccccc12)N1CCCC(Oc2ncc(Br)cn2)C1. The zero-order valence-electron chi connectivity index (χ0n) is 15.3. The Morgan fingerprint density at radius 1 is 1.18 bits per heavy atom. The van der Waals surface area contributed by atoms with E-state index >= 15 is 0 Å². The molecule has 6 nitrogen and oxygen atoms in total. The van der Waals surface area contributed by atoms with E-state index in [4.69, 9.17) is 4.74 Å². The largest absolute Gasteiger partial charge is 0.458 e. The molecule has 0 radical (unpaired) electrons. The number of hydrogen-bond acceptors (Lipinski definition) is 4. The van der Waals surface area contributed by atoms with Gasteiger partial charge in [-0.25, -0.2) is 14.8 Å². The van der Waals surface area contributed by atoms with Crippen molar-refractivity contribution in [2.45, 2.75) is 25.5 Å². The maximum Gasteiger partial charge on any atom is 0.317 e. The number of urea groups is 1. The summed E-state index contributed by atoms with van der Waals surface area (Å²) in [4.78, 5) is 22.8. The number of halogens is 1. The summed E-state index contributed by atoms with van der Waals surface area (Å²) in [6, 6.07) is 14.6. The quantitative estimate of drug-likeness (QED) is 0.661. The topological polar surface area (TPSA) is 67.4 Å². The number of nitrogens with zero attached hydrogens (tertiary/aromatic N) is 3. The number of benzene rings is 2. The Bertz CT molecular complexity index is 959. The smallest absolute Gasteiger partial charge is 0.317 e. The fraction of sp³-hybridized carbons (Fsp3) is 0.286. The minimum absolute atomic E-state index is 0.0713. The molecule has 3 aromatic rings. The highest BCUT2D eigenvalue weighted by Gasteiger charge is 2.25. The summed E-state index contributed by atoms with van der Waals surface area (Å²) < 4.78 is 6.65. The fourth-order valence-electron chi connectivity index (χ4n) is 3.46. The van der Waals surface area contributed by atoms with Crippen LogP contribution in [0.2, 0.25) is 0 Å². The van der Waals surface area contributed by atoms with Gasteiger partial charge in [-0.2, -0.15) is 0 Å². The number of likely N-dealkylation sites (tertiary alicyclic amines) is 1. The van der Waals surface area contributed by atoms with Gasteiger partial charge in [-0.15, -0.1) is 0 Å². The Balaban J connectivity index is 1.35. The van der Waals surface area contributed by atoms with Gasteiger partial charge in [-0.3, -0.25) is 0 Å². The molecule has 0 saturated carbocycles. The second-order valence-electron chi connectivity index (χ2n) is 6.81. The molecule has 1 aromatic heterocycles. The van der Waals surface area contributed by atoms with Crippen molar-refractivity contribution in [2.75, 3.05) is 13.1 Å². The highest BCUT2D eigenvalue weighted by atomic mass is 79.9. The third-order valence-electron chi connectivity index (χ3n) is 4.84. The summed E-state index contributed by atoms with van der Waals surface area (Å²) in [5.41, 5.74) is 1.11. The van der Waals surface area contributed by atoms with Gasteiger partial charge < -0.3 is 15.0 Å². The van der Waals surface area contributed by atoms with Crippen molar-refractivity contribution in [1.29, 1.82) is 0 Å². The number of ether oxygens (including phenoxy) is 1. The van der Waals surface area contributed by atoms with Crippen molar-refractivity contribution in [2.24, 2.45) is 0 Å². The fourth-order valence-corrected chi connectivity index (χ4v) is 3.66. The van der Waals surface area contributed by atoms with Gasteiger partial charge in [0.15, 0.2) is 0 Å². The number of fused-ring (bicyclic) bond motifs is 1. The molecule has 1 fully saturated rings. The molecule has 4 rings (SSSR count). The molecule has 0 aliphatic carbocycles. The average Bonchev–Trinajstić information content (AvgIpc) is 2.74. The minimum Gasteiger partial charge on any atom is -0.458 e. The third-order valence-corrected chi connectivity index (χ3v) is 5.25. The van der Waals surface area contributed by atoms with Crippen LogP contribution in [0, 0.1) is 0 Å². The maximum absolute atomic E-state index is 12.7. The van der Waals surface area contributed by atoms with E-state index in [1.807, 2.05) is 18.2 Å². The first-order valence-electron chi connectivity index (χ1n) is 9.32. The summed E-state index contributed by atoms with van der Waals surface area (Å²) in [6.45, 7) is 1.75. The van der Waals surface area contributed by atoms with Gasteiger partial charge >= 0.3 is 12.0 Å². The predicted molar refractivity (Wildman–Crippen MR) is 111 cm³/mol. The Morgan fingerprint density at radius 3 is 2.82 bits per heavy atom. The van der Waals surface area contributed by atoms with Crippen LogP contribution in [0.3, 0.4) is 0 Å². The number of piperidine rings is 1. The van der Waals surface area contributed by atoms with E-state index in [1.165, 1.54) is 5.39 Å². The third kappa shape index (κ3) is 4.42. The number of rotatable bonds is 4. The van der Waals surface area contributed by atoms with E-state index in [2.05, 4.69) is 55.5 Å². The van der Waals surface area contributed by atoms with E-state index in [0.29, 0.717) is 19.1 Å². The number of aromatic nitrogens is 2. The highest BCUT2D eigenvalue weighted by Crippen LogP contribution is 2.19. The molecule has 1 aliphatic heterocycles. The normalized spacial score (nSPS) is 16.8. The first kappa shape index (κ1) is 18.7. The molecule has 0 bridgehead atoms. The van der Waals surface area contributed by atoms with Crippen molar-refractivity contribution < 1.29 is 9.53 Å². The van der Waals surface area contributed by atoms with Gasteiger partial charge in [0, 0.05) is 25.5 Å². The van der Waals surface area contributed by atoms with Crippen LogP contribution in [0.25, 0.3) is 10.8 Å². The van der Waals surface area contributed by atoms with Gasteiger partial charge in [-0.1, -0.05) is 42.5 Å². The number of hydrogen-bond donors (Lipinski definition) is 1. The lowest BCUT2D eigenvalue weighted by Gasteiger charge is -2.32. The summed E-state index contributed by atoms with van der Waals surface area (Å²) in [7, 11) is 0. The highest BCUT2D eigenvalue weighted by molar-refractivity contribution is 9.10. The van der Waals surface area contributed by atoms with Gasteiger partial charge in [0.05, 0.1) is 11.0 Å². The summed E-state index contributed by atoms with van der Waals surface area (Å²) in [5.74, 6) is 0. The van der Waals surface area contributed by atoms with Crippen LogP contribution in [0.15, 0.2) is 59.3 Å². The molecule has 2 aromatic carbocycles. The van der Waals surface area contributed by atoms with Crippen LogP contribution in [0.5, 0.6) is 6.01 Å². The summed E-state index contributed by atoms with van der Waals surface area (Å²) in [6.07, 6.45) is 4.98. The Hall–Kier alpha value is -2.67. The summed E-state index contributed by atoms with van der Waals surface area (Å²) >= 11 is 3.31. The lowest BCUT2D eigenvalue weighted by molar-refractivity contribution is 0.0938. The standard InChI is InChI=1S/C21H21BrN4O2/c22-17-12-23-20(24-13-17)28-18-8-4-10-26(14-18)21(27)25-11-16-7-3-6-15-5-1-2-9-19(15)16/h1-3,5-7,9,12-13,18H,4,8,10-11,14H2,(H,25,27). The molecule has 1 atom stereocenters. The van der Waals surface area contributed by atoms with Gasteiger partial charge in [-0.05, 0) is 45.1 Å². The van der Waals surface area contributed by atoms with E-state index in [0.717, 1.165) is 34.8 Å². The Kier molecular flexibility index (Phi) is 5.71. The average molecular weight is 441 g/mol. The van der Waals surface area contributed by atoms with Crippen LogP contribution >= 0.6 is 15.9 Å². The monoisotopic (exact) mass is 440 g/mol.